The fraction of sp³-hybridized carbons (Fsp3) is 0.500. The Bertz CT molecular complexity index is 449. The molecule has 1 aromatic carbocycles. The Morgan fingerprint density at radius 1 is 1.32 bits per heavy atom. The van der Waals surface area contributed by atoms with E-state index in [1.807, 2.05) is 0 Å². The minimum absolute atomic E-state index is 0.0270. The van der Waals surface area contributed by atoms with Gasteiger partial charge in [-0.15, -0.1) is 0 Å². The van der Waals surface area contributed by atoms with E-state index in [4.69, 9.17) is 4.74 Å². The predicted octanol–water partition coefficient (Wildman–Crippen LogP) is 2.96. The maximum Gasteiger partial charge on any atom is 0.408 e. The number of hydrogen-bond donors (Lipinski definition) is 1. The molecule has 0 radical (unpaired) electrons. The van der Waals surface area contributed by atoms with Gasteiger partial charge in [-0.3, -0.25) is 0 Å². The molecule has 0 spiro atoms. The number of rotatable bonds is 5. The number of ether oxygens (including phenoxy) is 1. The van der Waals surface area contributed by atoms with Crippen molar-refractivity contribution in [2.24, 2.45) is 0 Å². The number of hydrogen-bond acceptors (Lipinski definition) is 2. The first-order valence-electron chi connectivity index (χ1n) is 5.63. The average molecular weight is 295 g/mol. The molecule has 1 unspecified atom stereocenters. The van der Waals surface area contributed by atoms with Crippen molar-refractivity contribution in [3.63, 3.8) is 0 Å². The van der Waals surface area contributed by atoms with Crippen LogP contribution in [0.1, 0.15) is 25.5 Å². The van der Waals surface area contributed by atoms with Crippen molar-refractivity contribution in [1.29, 1.82) is 0 Å². The molecule has 0 amide bonds. The topological polar surface area (TPSA) is 38.3 Å². The van der Waals surface area contributed by atoms with Crippen LogP contribution in [0.4, 0.5) is 13.2 Å². The van der Waals surface area contributed by atoms with Gasteiger partial charge in [0.2, 0.25) is 0 Å². The molecule has 0 aliphatic rings. The molecular formula is C12H16F3NO2S. The van der Waals surface area contributed by atoms with Gasteiger partial charge >= 0.3 is 6.18 Å². The second kappa shape index (κ2) is 6.38. The molecule has 0 bridgehead atoms. The second-order valence-electron chi connectivity index (χ2n) is 4.22. The van der Waals surface area contributed by atoms with E-state index >= 15 is 0 Å². The average Bonchev–Trinajstić information content (AvgIpc) is 2.34. The van der Waals surface area contributed by atoms with Gasteiger partial charge in [-0.05, 0) is 31.5 Å². The molecule has 0 saturated carbocycles. The molecule has 1 rings (SSSR count). The van der Waals surface area contributed by atoms with Gasteiger partial charge < -0.3 is 4.74 Å². The van der Waals surface area contributed by atoms with Crippen molar-refractivity contribution in [2.75, 3.05) is 7.11 Å². The normalized spacial score (nSPS) is 15.3. The van der Waals surface area contributed by atoms with E-state index in [-0.39, 0.29) is 5.56 Å². The standard InChI is InChI=1S/C12H16F3NO2S/c1-8(2)19(17)16-11(12(13,14)15)9-5-4-6-10(7-9)18-3/h4-8,11,16H,1-3H3/t11-,19?/m1/s1. The highest BCUT2D eigenvalue weighted by molar-refractivity contribution is 7.83. The molecular weight excluding hydrogens is 279 g/mol. The Balaban J connectivity index is 3.06. The SMILES string of the molecule is COc1cccc([C@@H](NS(=O)C(C)C)C(F)(F)F)c1. The molecule has 1 aromatic rings. The quantitative estimate of drug-likeness (QED) is 0.907. The Hall–Kier alpha value is -1.08. The van der Waals surface area contributed by atoms with Crippen LogP contribution in [0.15, 0.2) is 24.3 Å². The van der Waals surface area contributed by atoms with Crippen LogP contribution in [-0.2, 0) is 11.0 Å². The number of alkyl halides is 3. The first-order valence-corrected chi connectivity index (χ1v) is 6.84. The van der Waals surface area contributed by atoms with E-state index < -0.39 is 28.5 Å². The molecule has 3 nitrogen and oxygen atoms in total. The summed E-state index contributed by atoms with van der Waals surface area (Å²) in [5.74, 6) is 0.323. The molecule has 0 fully saturated rings. The maximum atomic E-state index is 13.0. The monoisotopic (exact) mass is 295 g/mol. The van der Waals surface area contributed by atoms with E-state index in [0.717, 1.165) is 0 Å². The highest BCUT2D eigenvalue weighted by Crippen LogP contribution is 2.34. The molecule has 108 valence electrons. The third kappa shape index (κ3) is 4.50. The minimum atomic E-state index is -4.53. The summed E-state index contributed by atoms with van der Waals surface area (Å²) in [7, 11) is -0.392. The van der Waals surface area contributed by atoms with Crippen LogP contribution in [0.25, 0.3) is 0 Å². The zero-order chi connectivity index (χ0) is 14.6. The fourth-order valence-electron chi connectivity index (χ4n) is 1.40. The molecule has 19 heavy (non-hydrogen) atoms. The lowest BCUT2D eigenvalue weighted by atomic mass is 10.1. The predicted molar refractivity (Wildman–Crippen MR) is 68.2 cm³/mol. The number of benzene rings is 1. The van der Waals surface area contributed by atoms with Crippen molar-refractivity contribution < 1.29 is 22.1 Å². The molecule has 1 N–H and O–H groups in total. The number of nitrogens with one attached hydrogen (secondary N) is 1. The van der Waals surface area contributed by atoms with Crippen molar-refractivity contribution >= 4 is 11.0 Å². The van der Waals surface area contributed by atoms with E-state index in [2.05, 4.69) is 4.72 Å². The van der Waals surface area contributed by atoms with Crippen LogP contribution in [0.5, 0.6) is 5.75 Å². The summed E-state index contributed by atoms with van der Waals surface area (Å²) in [6, 6.07) is 3.64. The van der Waals surface area contributed by atoms with Gasteiger partial charge in [0, 0.05) is 5.25 Å². The van der Waals surface area contributed by atoms with Crippen LogP contribution in [-0.4, -0.2) is 22.7 Å². The highest BCUT2D eigenvalue weighted by Gasteiger charge is 2.42. The largest absolute Gasteiger partial charge is 0.497 e. The summed E-state index contributed by atoms with van der Waals surface area (Å²) >= 11 is 0. The minimum Gasteiger partial charge on any atom is -0.497 e. The van der Waals surface area contributed by atoms with Gasteiger partial charge in [0.15, 0.2) is 0 Å². The van der Waals surface area contributed by atoms with Gasteiger partial charge in [0.25, 0.3) is 0 Å². The molecule has 0 aliphatic carbocycles. The Kier molecular flexibility index (Phi) is 5.37. The zero-order valence-electron chi connectivity index (χ0n) is 10.8. The van der Waals surface area contributed by atoms with Crippen LogP contribution in [0.2, 0.25) is 0 Å². The smallest absolute Gasteiger partial charge is 0.408 e. The van der Waals surface area contributed by atoms with Gasteiger partial charge in [-0.1, -0.05) is 12.1 Å². The van der Waals surface area contributed by atoms with Gasteiger partial charge in [-0.25, -0.2) is 8.93 Å². The molecule has 0 aliphatic heterocycles. The summed E-state index contributed by atoms with van der Waals surface area (Å²) in [6.07, 6.45) is -4.53. The van der Waals surface area contributed by atoms with Crippen molar-refractivity contribution in [1.82, 2.24) is 4.72 Å². The lowest BCUT2D eigenvalue weighted by Gasteiger charge is -2.22. The van der Waals surface area contributed by atoms with Crippen LogP contribution in [0.3, 0.4) is 0 Å². The third-order valence-corrected chi connectivity index (χ3v) is 3.74. The molecule has 0 heterocycles. The third-order valence-electron chi connectivity index (χ3n) is 2.42. The number of methoxy groups -OCH3 is 1. The fourth-order valence-corrected chi connectivity index (χ4v) is 2.17. The summed E-state index contributed by atoms with van der Waals surface area (Å²) < 4.78 is 57.7. The Labute approximate surface area is 112 Å². The van der Waals surface area contributed by atoms with Gasteiger partial charge in [0.05, 0.1) is 18.1 Å². The number of halogens is 3. The lowest BCUT2D eigenvalue weighted by Crippen LogP contribution is -2.37. The van der Waals surface area contributed by atoms with Crippen LogP contribution < -0.4 is 9.46 Å². The van der Waals surface area contributed by atoms with Crippen LogP contribution >= 0.6 is 0 Å². The first-order chi connectivity index (χ1) is 8.75. The first kappa shape index (κ1) is 16.0. The Morgan fingerprint density at radius 2 is 1.95 bits per heavy atom. The molecule has 0 aromatic heterocycles. The van der Waals surface area contributed by atoms with E-state index in [1.165, 1.54) is 25.3 Å². The van der Waals surface area contributed by atoms with Crippen molar-refractivity contribution in [3.05, 3.63) is 29.8 Å². The second-order valence-corrected chi connectivity index (χ2v) is 5.99. The van der Waals surface area contributed by atoms with E-state index in [1.54, 1.807) is 19.9 Å². The summed E-state index contributed by atoms with van der Waals surface area (Å²) in [6.45, 7) is 3.17. The molecule has 7 heteroatoms. The molecule has 2 atom stereocenters. The van der Waals surface area contributed by atoms with Gasteiger partial charge in [0.1, 0.15) is 11.8 Å². The maximum absolute atomic E-state index is 13.0. The Morgan fingerprint density at radius 3 is 2.42 bits per heavy atom. The summed E-state index contributed by atoms with van der Waals surface area (Å²) in [5.41, 5.74) is -0.0270. The van der Waals surface area contributed by atoms with E-state index in [0.29, 0.717) is 5.75 Å². The van der Waals surface area contributed by atoms with Crippen molar-refractivity contribution in [3.8, 4) is 5.75 Å². The molecule has 0 saturated heterocycles. The highest BCUT2D eigenvalue weighted by atomic mass is 32.2. The van der Waals surface area contributed by atoms with Crippen molar-refractivity contribution in [2.45, 2.75) is 31.3 Å². The lowest BCUT2D eigenvalue weighted by molar-refractivity contribution is -0.152. The summed E-state index contributed by atoms with van der Waals surface area (Å²) in [4.78, 5) is 0. The van der Waals surface area contributed by atoms with Gasteiger partial charge in [-0.2, -0.15) is 13.2 Å². The van der Waals surface area contributed by atoms with E-state index in [9.17, 15) is 17.4 Å². The summed E-state index contributed by atoms with van der Waals surface area (Å²) in [5, 5.41) is -0.407. The van der Waals surface area contributed by atoms with Crippen LogP contribution in [0, 0.1) is 0 Å². The zero-order valence-corrected chi connectivity index (χ0v) is 11.6.